The van der Waals surface area contributed by atoms with Gasteiger partial charge in [-0.25, -0.2) is 0 Å². The van der Waals surface area contributed by atoms with Gasteiger partial charge in [-0.15, -0.1) is 0 Å². The molecule has 0 heterocycles. The number of nitro benzene ring substituents is 2. The molecule has 0 aliphatic heterocycles. The predicted octanol–water partition coefficient (Wildman–Crippen LogP) is 3.06. The summed E-state index contributed by atoms with van der Waals surface area (Å²) < 4.78 is 0. The van der Waals surface area contributed by atoms with Crippen LogP contribution in [0, 0.1) is 27.2 Å². The quantitative estimate of drug-likeness (QED) is 0.688. The third-order valence-electron chi connectivity index (χ3n) is 2.99. The molecule has 0 fully saturated rings. The van der Waals surface area contributed by atoms with Crippen molar-refractivity contribution >= 4 is 23.0 Å². The second kappa shape index (κ2) is 6.00. The van der Waals surface area contributed by atoms with Crippen molar-refractivity contribution < 1.29 is 14.6 Å². The van der Waals surface area contributed by atoms with Gasteiger partial charge in [-0.3, -0.25) is 25.0 Å². The van der Waals surface area contributed by atoms with Gasteiger partial charge in [0.15, 0.2) is 0 Å². The van der Waals surface area contributed by atoms with Crippen LogP contribution in [-0.4, -0.2) is 15.8 Å². The van der Waals surface area contributed by atoms with E-state index in [9.17, 15) is 25.0 Å². The molecule has 8 nitrogen and oxygen atoms in total. The Labute approximate surface area is 124 Å². The first-order chi connectivity index (χ1) is 10.4. The average Bonchev–Trinajstić information content (AvgIpc) is 2.47. The van der Waals surface area contributed by atoms with E-state index in [0.717, 1.165) is 0 Å². The van der Waals surface area contributed by atoms with Gasteiger partial charge in [0.05, 0.1) is 9.85 Å². The van der Waals surface area contributed by atoms with Crippen LogP contribution in [0.15, 0.2) is 42.5 Å². The Morgan fingerprint density at radius 1 is 1.00 bits per heavy atom. The molecule has 0 unspecified atom stereocenters. The molecular weight excluding hydrogens is 290 g/mol. The predicted molar refractivity (Wildman–Crippen MR) is 78.9 cm³/mol. The largest absolute Gasteiger partial charge is 0.322 e. The molecule has 0 atom stereocenters. The highest BCUT2D eigenvalue weighted by atomic mass is 16.6. The zero-order chi connectivity index (χ0) is 16.3. The number of nitrogens with one attached hydrogen (secondary N) is 1. The molecule has 2 aromatic rings. The maximum atomic E-state index is 12.0. The summed E-state index contributed by atoms with van der Waals surface area (Å²) in [5, 5.41) is 23.9. The van der Waals surface area contributed by atoms with Gasteiger partial charge < -0.3 is 5.32 Å². The van der Waals surface area contributed by atoms with Crippen LogP contribution >= 0.6 is 0 Å². The molecule has 1 amide bonds. The van der Waals surface area contributed by atoms with E-state index in [1.165, 1.54) is 42.5 Å². The van der Waals surface area contributed by atoms with Gasteiger partial charge >= 0.3 is 0 Å². The van der Waals surface area contributed by atoms with Crippen molar-refractivity contribution in [2.24, 2.45) is 0 Å². The molecule has 0 radical (unpaired) electrons. The van der Waals surface area contributed by atoms with Crippen molar-refractivity contribution in [1.29, 1.82) is 0 Å². The number of aryl methyl sites for hydroxylation is 1. The maximum absolute atomic E-state index is 12.0. The van der Waals surface area contributed by atoms with Crippen molar-refractivity contribution in [2.75, 3.05) is 5.32 Å². The Hall–Kier alpha value is -3.29. The van der Waals surface area contributed by atoms with E-state index >= 15 is 0 Å². The first-order valence-corrected chi connectivity index (χ1v) is 6.19. The summed E-state index contributed by atoms with van der Waals surface area (Å²) >= 11 is 0. The SMILES string of the molecule is Cc1cc(NC(=O)c2ccc([N+](=O)[O-])cc2)ccc1[N+](=O)[O-]. The number of nitrogens with zero attached hydrogens (tertiary/aromatic N) is 2. The van der Waals surface area contributed by atoms with Crippen LogP contribution in [0.2, 0.25) is 0 Å². The number of non-ortho nitro benzene ring substituents is 1. The summed E-state index contributed by atoms with van der Waals surface area (Å²) in [5.41, 5.74) is 0.940. The highest BCUT2D eigenvalue weighted by Crippen LogP contribution is 2.22. The van der Waals surface area contributed by atoms with Gasteiger partial charge in [0.2, 0.25) is 0 Å². The fourth-order valence-corrected chi connectivity index (χ4v) is 1.88. The summed E-state index contributed by atoms with van der Waals surface area (Å²) in [5.74, 6) is -0.455. The van der Waals surface area contributed by atoms with Crippen molar-refractivity contribution in [1.82, 2.24) is 0 Å². The van der Waals surface area contributed by atoms with E-state index in [0.29, 0.717) is 11.3 Å². The van der Waals surface area contributed by atoms with E-state index in [4.69, 9.17) is 0 Å². The van der Waals surface area contributed by atoms with Crippen LogP contribution in [0.3, 0.4) is 0 Å². The monoisotopic (exact) mass is 301 g/mol. The normalized spacial score (nSPS) is 10.0. The van der Waals surface area contributed by atoms with Gasteiger partial charge in [-0.05, 0) is 31.2 Å². The van der Waals surface area contributed by atoms with Crippen molar-refractivity contribution in [3.05, 3.63) is 73.8 Å². The molecule has 8 heteroatoms. The first-order valence-electron chi connectivity index (χ1n) is 6.19. The maximum Gasteiger partial charge on any atom is 0.272 e. The Balaban J connectivity index is 2.16. The van der Waals surface area contributed by atoms with Gasteiger partial charge in [0.25, 0.3) is 17.3 Å². The van der Waals surface area contributed by atoms with Crippen LogP contribution in [0.25, 0.3) is 0 Å². The number of nitro groups is 2. The van der Waals surface area contributed by atoms with E-state index in [1.54, 1.807) is 6.92 Å². The minimum atomic E-state index is -0.554. The molecule has 0 saturated carbocycles. The molecule has 0 aliphatic rings. The number of benzene rings is 2. The molecule has 112 valence electrons. The molecular formula is C14H11N3O5. The van der Waals surface area contributed by atoms with Crippen LogP contribution in [0.1, 0.15) is 15.9 Å². The molecule has 0 aromatic heterocycles. The molecule has 0 bridgehead atoms. The lowest BCUT2D eigenvalue weighted by Gasteiger charge is -2.06. The van der Waals surface area contributed by atoms with E-state index in [1.807, 2.05) is 0 Å². The number of amides is 1. The van der Waals surface area contributed by atoms with Crippen LogP contribution in [-0.2, 0) is 0 Å². The Morgan fingerprint density at radius 3 is 2.14 bits per heavy atom. The Kier molecular flexibility index (Phi) is 4.12. The summed E-state index contributed by atoms with van der Waals surface area (Å²) in [4.78, 5) is 32.2. The minimum Gasteiger partial charge on any atom is -0.322 e. The number of hydrogen-bond acceptors (Lipinski definition) is 5. The summed E-state index contributed by atoms with van der Waals surface area (Å²) in [6.07, 6.45) is 0. The summed E-state index contributed by atoms with van der Waals surface area (Å²) in [7, 11) is 0. The second-order valence-electron chi connectivity index (χ2n) is 4.52. The molecule has 0 spiro atoms. The third kappa shape index (κ3) is 3.23. The number of carbonyl (C=O) groups excluding carboxylic acids is 1. The number of carbonyl (C=O) groups is 1. The molecule has 1 N–H and O–H groups in total. The number of hydrogen-bond donors (Lipinski definition) is 1. The van der Waals surface area contributed by atoms with Crippen molar-refractivity contribution in [3.8, 4) is 0 Å². The van der Waals surface area contributed by atoms with Gasteiger partial charge in [0.1, 0.15) is 0 Å². The smallest absolute Gasteiger partial charge is 0.272 e. The Morgan fingerprint density at radius 2 is 1.64 bits per heavy atom. The van der Waals surface area contributed by atoms with Gasteiger partial charge in [-0.2, -0.15) is 0 Å². The highest BCUT2D eigenvalue weighted by Gasteiger charge is 2.13. The van der Waals surface area contributed by atoms with Crippen LogP contribution in [0.5, 0.6) is 0 Å². The van der Waals surface area contributed by atoms with E-state index in [-0.39, 0.29) is 16.9 Å². The summed E-state index contributed by atoms with van der Waals surface area (Å²) in [6.45, 7) is 1.57. The topological polar surface area (TPSA) is 115 Å². The molecule has 2 rings (SSSR count). The molecule has 22 heavy (non-hydrogen) atoms. The minimum absolute atomic E-state index is 0.0339. The molecule has 0 aliphatic carbocycles. The average molecular weight is 301 g/mol. The lowest BCUT2D eigenvalue weighted by molar-refractivity contribution is -0.385. The second-order valence-corrected chi connectivity index (χ2v) is 4.52. The Bertz CT molecular complexity index is 756. The third-order valence-corrected chi connectivity index (χ3v) is 2.99. The fourth-order valence-electron chi connectivity index (χ4n) is 1.88. The lowest BCUT2D eigenvalue weighted by atomic mass is 10.1. The van der Waals surface area contributed by atoms with Crippen molar-refractivity contribution in [2.45, 2.75) is 6.92 Å². The van der Waals surface area contributed by atoms with Crippen molar-refractivity contribution in [3.63, 3.8) is 0 Å². The standard InChI is InChI=1S/C14H11N3O5/c1-9-8-11(4-7-13(9)17(21)22)15-14(18)10-2-5-12(6-3-10)16(19)20/h2-8H,1H3,(H,15,18). The van der Waals surface area contributed by atoms with E-state index in [2.05, 4.69) is 5.32 Å². The van der Waals surface area contributed by atoms with Crippen LogP contribution < -0.4 is 5.32 Å². The molecule has 0 saturated heterocycles. The van der Waals surface area contributed by atoms with E-state index < -0.39 is 15.8 Å². The number of rotatable bonds is 4. The first kappa shape index (κ1) is 15.1. The fraction of sp³-hybridized carbons (Fsp3) is 0.0714. The highest BCUT2D eigenvalue weighted by molar-refractivity contribution is 6.04. The summed E-state index contributed by atoms with van der Waals surface area (Å²) in [6, 6.07) is 9.36. The number of anilines is 1. The molecule has 2 aromatic carbocycles. The van der Waals surface area contributed by atoms with Gasteiger partial charge in [-0.1, -0.05) is 0 Å². The lowest BCUT2D eigenvalue weighted by Crippen LogP contribution is -2.12. The zero-order valence-electron chi connectivity index (χ0n) is 11.5. The van der Waals surface area contributed by atoms with Gasteiger partial charge in [0, 0.05) is 35.0 Å². The van der Waals surface area contributed by atoms with Crippen LogP contribution in [0.4, 0.5) is 17.1 Å². The zero-order valence-corrected chi connectivity index (χ0v) is 11.5.